The van der Waals surface area contributed by atoms with Crippen LogP contribution in [0.4, 0.5) is 11.4 Å². The molecule has 0 unspecified atom stereocenters. The van der Waals surface area contributed by atoms with E-state index in [2.05, 4.69) is 5.32 Å². The molecule has 1 atom stereocenters. The quantitative estimate of drug-likeness (QED) is 0.840. The Morgan fingerprint density at radius 2 is 1.96 bits per heavy atom. The standard InChI is InChI=1S/C20H23N3O4/c1-5-22-12(2)10-15(13(22)3)20(26)27-14(4)19(25)23-11-18(24)21-16-8-6-7-9-17(16)23/h6-10,14H,5,11H2,1-4H3,(H,21,24)/t14-/m0/s1. The number of amides is 2. The number of rotatable bonds is 4. The van der Waals surface area contributed by atoms with E-state index in [0.29, 0.717) is 16.9 Å². The first-order valence-electron chi connectivity index (χ1n) is 8.91. The summed E-state index contributed by atoms with van der Waals surface area (Å²) in [4.78, 5) is 38.7. The van der Waals surface area contributed by atoms with Crippen LogP contribution in [0.5, 0.6) is 0 Å². The Morgan fingerprint density at radius 1 is 1.26 bits per heavy atom. The van der Waals surface area contributed by atoms with E-state index in [0.717, 1.165) is 17.9 Å². The third-order valence-electron chi connectivity index (χ3n) is 4.78. The minimum absolute atomic E-state index is 0.109. The summed E-state index contributed by atoms with van der Waals surface area (Å²) in [6, 6.07) is 8.80. The van der Waals surface area contributed by atoms with Crippen LogP contribution < -0.4 is 10.2 Å². The maximum absolute atomic E-state index is 12.8. The molecule has 142 valence electrons. The second kappa shape index (κ2) is 7.26. The number of para-hydroxylation sites is 2. The molecule has 0 aliphatic carbocycles. The molecule has 1 aliphatic rings. The van der Waals surface area contributed by atoms with Gasteiger partial charge in [0.25, 0.3) is 5.91 Å². The molecular weight excluding hydrogens is 346 g/mol. The van der Waals surface area contributed by atoms with Gasteiger partial charge in [0.1, 0.15) is 6.54 Å². The van der Waals surface area contributed by atoms with Crippen molar-refractivity contribution in [3.05, 3.63) is 47.3 Å². The molecule has 0 fully saturated rings. The highest BCUT2D eigenvalue weighted by atomic mass is 16.5. The normalized spacial score (nSPS) is 14.4. The number of benzene rings is 1. The molecule has 1 aromatic heterocycles. The summed E-state index contributed by atoms with van der Waals surface area (Å²) < 4.78 is 7.43. The summed E-state index contributed by atoms with van der Waals surface area (Å²) in [6.07, 6.45) is -1.01. The van der Waals surface area contributed by atoms with Crippen LogP contribution in [0.2, 0.25) is 0 Å². The second-order valence-corrected chi connectivity index (χ2v) is 6.57. The zero-order valence-electron chi connectivity index (χ0n) is 15.9. The van der Waals surface area contributed by atoms with E-state index in [4.69, 9.17) is 4.74 Å². The largest absolute Gasteiger partial charge is 0.449 e. The molecule has 7 nitrogen and oxygen atoms in total. The number of esters is 1. The summed E-state index contributed by atoms with van der Waals surface area (Å²) in [6.45, 7) is 7.94. The fourth-order valence-corrected chi connectivity index (χ4v) is 3.42. The number of fused-ring (bicyclic) bond motifs is 1. The van der Waals surface area contributed by atoms with Crippen LogP contribution in [0.3, 0.4) is 0 Å². The number of hydrogen-bond donors (Lipinski definition) is 1. The molecule has 0 bridgehead atoms. The van der Waals surface area contributed by atoms with Crippen molar-refractivity contribution >= 4 is 29.2 Å². The van der Waals surface area contributed by atoms with Gasteiger partial charge in [-0.25, -0.2) is 4.79 Å². The zero-order valence-corrected chi connectivity index (χ0v) is 15.9. The van der Waals surface area contributed by atoms with Crippen molar-refractivity contribution in [2.75, 3.05) is 16.8 Å². The maximum Gasteiger partial charge on any atom is 0.340 e. The summed E-state index contributed by atoms with van der Waals surface area (Å²) in [5, 5.41) is 2.73. The van der Waals surface area contributed by atoms with Gasteiger partial charge in [0.15, 0.2) is 6.10 Å². The highest BCUT2D eigenvalue weighted by molar-refractivity contribution is 6.11. The van der Waals surface area contributed by atoms with Gasteiger partial charge in [0.2, 0.25) is 5.91 Å². The summed E-state index contributed by atoms with van der Waals surface area (Å²) in [5.41, 5.74) is 3.37. The minimum atomic E-state index is -1.01. The van der Waals surface area contributed by atoms with E-state index in [1.165, 1.54) is 11.8 Å². The minimum Gasteiger partial charge on any atom is -0.449 e. The molecule has 1 aliphatic heterocycles. The number of ether oxygens (including phenoxy) is 1. The van der Waals surface area contributed by atoms with E-state index in [-0.39, 0.29) is 12.5 Å². The number of nitrogens with one attached hydrogen (secondary N) is 1. The second-order valence-electron chi connectivity index (χ2n) is 6.57. The Bertz CT molecular complexity index is 916. The number of nitrogens with zero attached hydrogens (tertiary/aromatic N) is 2. The molecule has 7 heteroatoms. The predicted molar refractivity (Wildman–Crippen MR) is 102 cm³/mol. The predicted octanol–water partition coefficient (Wildman–Crippen LogP) is 2.66. The first-order chi connectivity index (χ1) is 12.8. The van der Waals surface area contributed by atoms with Crippen LogP contribution in [-0.4, -0.2) is 35.0 Å². The lowest BCUT2D eigenvalue weighted by Gasteiger charge is -2.30. The topological polar surface area (TPSA) is 80.6 Å². The van der Waals surface area contributed by atoms with Crippen molar-refractivity contribution in [3.8, 4) is 0 Å². The molecule has 3 rings (SSSR count). The number of carbonyl (C=O) groups excluding carboxylic acids is 3. The van der Waals surface area contributed by atoms with Crippen LogP contribution in [0.25, 0.3) is 0 Å². The van der Waals surface area contributed by atoms with Crippen molar-refractivity contribution < 1.29 is 19.1 Å². The van der Waals surface area contributed by atoms with Crippen molar-refractivity contribution in [2.24, 2.45) is 0 Å². The SMILES string of the molecule is CCn1c(C)cc(C(=O)O[C@@H](C)C(=O)N2CC(=O)Nc3ccccc32)c1C. The number of aromatic nitrogens is 1. The van der Waals surface area contributed by atoms with Crippen molar-refractivity contribution in [2.45, 2.75) is 40.3 Å². The van der Waals surface area contributed by atoms with E-state index in [1.807, 2.05) is 25.3 Å². The van der Waals surface area contributed by atoms with Crippen LogP contribution in [0.15, 0.2) is 30.3 Å². The maximum atomic E-state index is 12.8. The van der Waals surface area contributed by atoms with Gasteiger partial charge in [-0.05, 0) is 45.9 Å². The summed E-state index contributed by atoms with van der Waals surface area (Å²) in [5.74, 6) is -1.26. The molecule has 0 radical (unpaired) electrons. The van der Waals surface area contributed by atoms with Crippen LogP contribution in [0, 0.1) is 13.8 Å². The van der Waals surface area contributed by atoms with Gasteiger partial charge in [0.05, 0.1) is 16.9 Å². The Hall–Kier alpha value is -3.09. The van der Waals surface area contributed by atoms with Gasteiger partial charge in [-0.1, -0.05) is 12.1 Å². The molecule has 27 heavy (non-hydrogen) atoms. The zero-order chi connectivity index (χ0) is 19.7. The number of carbonyl (C=O) groups is 3. The third-order valence-corrected chi connectivity index (χ3v) is 4.78. The molecule has 2 heterocycles. The average Bonchev–Trinajstić information content (AvgIpc) is 2.93. The number of aryl methyl sites for hydroxylation is 1. The van der Waals surface area contributed by atoms with Gasteiger partial charge in [-0.3, -0.25) is 14.5 Å². The number of anilines is 2. The van der Waals surface area contributed by atoms with Crippen molar-refractivity contribution in [1.82, 2.24) is 4.57 Å². The van der Waals surface area contributed by atoms with Gasteiger partial charge >= 0.3 is 5.97 Å². The third kappa shape index (κ3) is 3.45. The molecule has 0 spiro atoms. The summed E-state index contributed by atoms with van der Waals surface area (Å²) >= 11 is 0. The molecular formula is C20H23N3O4. The Balaban J connectivity index is 1.79. The van der Waals surface area contributed by atoms with E-state index >= 15 is 0 Å². The Labute approximate surface area is 157 Å². The Morgan fingerprint density at radius 3 is 2.63 bits per heavy atom. The van der Waals surface area contributed by atoms with E-state index in [9.17, 15) is 14.4 Å². The summed E-state index contributed by atoms with van der Waals surface area (Å²) in [7, 11) is 0. The highest BCUT2D eigenvalue weighted by Gasteiger charge is 2.32. The molecule has 1 N–H and O–H groups in total. The van der Waals surface area contributed by atoms with E-state index in [1.54, 1.807) is 30.3 Å². The lowest BCUT2D eigenvalue weighted by molar-refractivity contribution is -0.128. The molecule has 2 amide bonds. The molecule has 0 saturated heterocycles. The molecule has 0 saturated carbocycles. The van der Waals surface area contributed by atoms with Gasteiger partial charge in [0, 0.05) is 17.9 Å². The lowest BCUT2D eigenvalue weighted by Crippen LogP contribution is -2.47. The average molecular weight is 369 g/mol. The first kappa shape index (κ1) is 18.7. The van der Waals surface area contributed by atoms with Gasteiger partial charge in [-0.2, -0.15) is 0 Å². The Kier molecular flexibility index (Phi) is 5.03. The lowest BCUT2D eigenvalue weighted by atomic mass is 10.1. The fraction of sp³-hybridized carbons (Fsp3) is 0.350. The number of hydrogen-bond acceptors (Lipinski definition) is 4. The smallest absolute Gasteiger partial charge is 0.340 e. The molecule has 1 aromatic carbocycles. The van der Waals surface area contributed by atoms with Crippen molar-refractivity contribution in [3.63, 3.8) is 0 Å². The van der Waals surface area contributed by atoms with Crippen LogP contribution in [-0.2, 0) is 20.9 Å². The molecule has 2 aromatic rings. The van der Waals surface area contributed by atoms with Crippen molar-refractivity contribution in [1.29, 1.82) is 0 Å². The van der Waals surface area contributed by atoms with E-state index < -0.39 is 18.0 Å². The van der Waals surface area contributed by atoms with Crippen LogP contribution in [0.1, 0.15) is 35.6 Å². The monoisotopic (exact) mass is 369 g/mol. The first-order valence-corrected chi connectivity index (χ1v) is 8.91. The van der Waals surface area contributed by atoms with Gasteiger partial charge < -0.3 is 14.6 Å². The fourth-order valence-electron chi connectivity index (χ4n) is 3.42. The van der Waals surface area contributed by atoms with Crippen LogP contribution >= 0.6 is 0 Å². The highest BCUT2D eigenvalue weighted by Crippen LogP contribution is 2.29. The van der Waals surface area contributed by atoms with Gasteiger partial charge in [-0.15, -0.1) is 0 Å².